The number of anilines is 1. The van der Waals surface area contributed by atoms with Crippen LogP contribution in [0.3, 0.4) is 0 Å². The molecule has 1 aliphatic heterocycles. The smallest absolute Gasteiger partial charge is 0.0403 e. The highest BCUT2D eigenvalue weighted by atomic mass is 15.2. The summed E-state index contributed by atoms with van der Waals surface area (Å²) >= 11 is 0. The molecule has 2 nitrogen and oxygen atoms in total. The number of hydrogen-bond donors (Lipinski definition) is 1. The lowest BCUT2D eigenvalue weighted by atomic mass is 9.99. The van der Waals surface area contributed by atoms with Gasteiger partial charge >= 0.3 is 0 Å². The Morgan fingerprint density at radius 1 is 1.22 bits per heavy atom. The maximum absolute atomic E-state index is 3.50. The van der Waals surface area contributed by atoms with Crippen molar-refractivity contribution in [2.45, 2.75) is 45.6 Å². The Morgan fingerprint density at radius 3 is 2.78 bits per heavy atom. The first-order chi connectivity index (χ1) is 8.70. The van der Waals surface area contributed by atoms with Gasteiger partial charge in [0, 0.05) is 18.3 Å². The van der Waals surface area contributed by atoms with E-state index >= 15 is 0 Å². The van der Waals surface area contributed by atoms with Gasteiger partial charge in [-0.3, -0.25) is 0 Å². The number of nitrogens with one attached hydrogen (secondary N) is 1. The first-order valence-electron chi connectivity index (χ1n) is 7.26. The van der Waals surface area contributed by atoms with E-state index in [4.69, 9.17) is 0 Å². The maximum Gasteiger partial charge on any atom is 0.0403 e. The van der Waals surface area contributed by atoms with Crippen molar-refractivity contribution in [2.75, 3.05) is 24.5 Å². The van der Waals surface area contributed by atoms with Crippen molar-refractivity contribution in [3.63, 3.8) is 0 Å². The van der Waals surface area contributed by atoms with Gasteiger partial charge in [0.2, 0.25) is 0 Å². The third kappa shape index (κ3) is 3.05. The Balaban J connectivity index is 2.27. The molecule has 1 fully saturated rings. The van der Waals surface area contributed by atoms with Gasteiger partial charge in [-0.1, -0.05) is 32.0 Å². The highest BCUT2D eigenvalue weighted by Crippen LogP contribution is 2.29. The van der Waals surface area contributed by atoms with Gasteiger partial charge < -0.3 is 10.2 Å². The van der Waals surface area contributed by atoms with Crippen LogP contribution in [0.15, 0.2) is 24.3 Å². The van der Waals surface area contributed by atoms with Crippen molar-refractivity contribution < 1.29 is 0 Å². The average Bonchev–Trinajstić information content (AvgIpc) is 2.34. The second kappa shape index (κ2) is 6.24. The molecule has 2 heteroatoms. The minimum atomic E-state index is 0.594. The summed E-state index contributed by atoms with van der Waals surface area (Å²) in [6.07, 6.45) is 2.46. The molecule has 1 heterocycles. The highest BCUT2D eigenvalue weighted by Gasteiger charge is 2.19. The van der Waals surface area contributed by atoms with E-state index < -0.39 is 0 Å². The zero-order valence-corrected chi connectivity index (χ0v) is 11.9. The molecule has 2 rings (SSSR count). The summed E-state index contributed by atoms with van der Waals surface area (Å²) in [7, 11) is 0. The summed E-state index contributed by atoms with van der Waals surface area (Å²) in [6, 6.07) is 9.53. The van der Waals surface area contributed by atoms with Gasteiger partial charge in [0.1, 0.15) is 0 Å². The summed E-state index contributed by atoms with van der Waals surface area (Å²) in [4.78, 5) is 2.61. The van der Waals surface area contributed by atoms with Crippen LogP contribution < -0.4 is 10.2 Å². The molecule has 1 aromatic carbocycles. The predicted octanol–water partition coefficient (Wildman–Crippen LogP) is 3.39. The quantitative estimate of drug-likeness (QED) is 0.860. The van der Waals surface area contributed by atoms with Crippen LogP contribution in [0.25, 0.3) is 0 Å². The molecular formula is C16H26N2. The molecule has 1 N–H and O–H groups in total. The van der Waals surface area contributed by atoms with Crippen LogP contribution in [0, 0.1) is 0 Å². The van der Waals surface area contributed by atoms with E-state index in [1.165, 1.54) is 24.1 Å². The molecule has 0 bridgehead atoms. The van der Waals surface area contributed by atoms with Gasteiger partial charge in [0.25, 0.3) is 0 Å². The van der Waals surface area contributed by atoms with Gasteiger partial charge in [-0.25, -0.2) is 0 Å². The molecule has 0 aliphatic carbocycles. The molecule has 0 amide bonds. The molecule has 0 saturated carbocycles. The second-order valence-corrected chi connectivity index (χ2v) is 5.65. The Labute approximate surface area is 111 Å². The third-order valence-electron chi connectivity index (χ3n) is 3.89. The third-order valence-corrected chi connectivity index (χ3v) is 3.89. The van der Waals surface area contributed by atoms with Crippen LogP contribution in [0.1, 0.15) is 45.1 Å². The molecule has 0 spiro atoms. The molecule has 1 atom stereocenters. The van der Waals surface area contributed by atoms with Crippen LogP contribution in [-0.4, -0.2) is 25.7 Å². The summed E-state index contributed by atoms with van der Waals surface area (Å²) < 4.78 is 0. The van der Waals surface area contributed by atoms with Crippen LogP contribution in [0.5, 0.6) is 0 Å². The maximum atomic E-state index is 3.50. The van der Waals surface area contributed by atoms with E-state index in [2.05, 4.69) is 55.3 Å². The molecule has 18 heavy (non-hydrogen) atoms. The monoisotopic (exact) mass is 246 g/mol. The predicted molar refractivity (Wildman–Crippen MR) is 79.4 cm³/mol. The zero-order chi connectivity index (χ0) is 13.0. The summed E-state index contributed by atoms with van der Waals surface area (Å²) in [5.41, 5.74) is 2.93. The lowest BCUT2D eigenvalue weighted by Gasteiger charge is -2.35. The minimum absolute atomic E-state index is 0.594. The number of rotatable bonds is 2. The standard InChI is InChI=1S/C16H26N2/c1-13(2)15-7-4-5-8-16(15)18-12-6-10-17-11-9-14(18)3/h4-5,7-8,13-14,17H,6,9-12H2,1-3H3. The molecular weight excluding hydrogens is 220 g/mol. The van der Waals surface area contributed by atoms with Crippen molar-refractivity contribution in [3.05, 3.63) is 29.8 Å². The fourth-order valence-corrected chi connectivity index (χ4v) is 2.78. The SMILES string of the molecule is CC(C)c1ccccc1N1CCCNCCC1C. The van der Waals surface area contributed by atoms with Gasteiger partial charge in [0.05, 0.1) is 0 Å². The largest absolute Gasteiger partial charge is 0.369 e. The molecule has 0 aromatic heterocycles. The molecule has 1 aliphatic rings. The van der Waals surface area contributed by atoms with Gasteiger partial charge in [-0.2, -0.15) is 0 Å². The van der Waals surface area contributed by atoms with Crippen molar-refractivity contribution in [2.24, 2.45) is 0 Å². The lowest BCUT2D eigenvalue weighted by Crippen LogP contribution is -2.40. The topological polar surface area (TPSA) is 15.3 Å². The number of benzene rings is 1. The summed E-state index contributed by atoms with van der Waals surface area (Å²) in [6.45, 7) is 10.4. The normalized spacial score (nSPS) is 21.8. The number of para-hydroxylation sites is 1. The fraction of sp³-hybridized carbons (Fsp3) is 0.625. The number of nitrogens with zero attached hydrogens (tertiary/aromatic N) is 1. The lowest BCUT2D eigenvalue weighted by molar-refractivity contribution is 0.498. The van der Waals surface area contributed by atoms with Crippen LogP contribution >= 0.6 is 0 Å². The van der Waals surface area contributed by atoms with Crippen LogP contribution in [0.4, 0.5) is 5.69 Å². The van der Waals surface area contributed by atoms with Crippen molar-refractivity contribution in [1.82, 2.24) is 5.32 Å². The summed E-state index contributed by atoms with van der Waals surface area (Å²) in [5, 5.41) is 3.50. The molecule has 1 unspecified atom stereocenters. The molecule has 1 aromatic rings. The van der Waals surface area contributed by atoms with E-state index in [9.17, 15) is 0 Å². The van der Waals surface area contributed by atoms with Gasteiger partial charge in [0.15, 0.2) is 0 Å². The van der Waals surface area contributed by atoms with E-state index in [0.717, 1.165) is 19.6 Å². The molecule has 0 radical (unpaired) electrons. The van der Waals surface area contributed by atoms with Crippen LogP contribution in [-0.2, 0) is 0 Å². The van der Waals surface area contributed by atoms with E-state index in [1.807, 2.05) is 0 Å². The minimum Gasteiger partial charge on any atom is -0.369 e. The first-order valence-corrected chi connectivity index (χ1v) is 7.26. The van der Waals surface area contributed by atoms with E-state index in [1.54, 1.807) is 0 Å². The highest BCUT2D eigenvalue weighted by molar-refractivity contribution is 5.55. The van der Waals surface area contributed by atoms with Crippen molar-refractivity contribution >= 4 is 5.69 Å². The van der Waals surface area contributed by atoms with Crippen molar-refractivity contribution in [1.29, 1.82) is 0 Å². The summed E-state index contributed by atoms with van der Waals surface area (Å²) in [5.74, 6) is 0.594. The second-order valence-electron chi connectivity index (χ2n) is 5.65. The van der Waals surface area contributed by atoms with E-state index in [0.29, 0.717) is 12.0 Å². The van der Waals surface area contributed by atoms with Gasteiger partial charge in [-0.05, 0) is 50.4 Å². The molecule has 100 valence electrons. The first kappa shape index (κ1) is 13.4. The zero-order valence-electron chi connectivity index (χ0n) is 11.9. The Kier molecular flexibility index (Phi) is 4.65. The Morgan fingerprint density at radius 2 is 2.00 bits per heavy atom. The Hall–Kier alpha value is -1.02. The number of hydrogen-bond acceptors (Lipinski definition) is 2. The molecule has 1 saturated heterocycles. The van der Waals surface area contributed by atoms with Gasteiger partial charge in [-0.15, -0.1) is 0 Å². The van der Waals surface area contributed by atoms with Crippen molar-refractivity contribution in [3.8, 4) is 0 Å². The van der Waals surface area contributed by atoms with Crippen LogP contribution in [0.2, 0.25) is 0 Å². The van der Waals surface area contributed by atoms with E-state index in [-0.39, 0.29) is 0 Å². The average molecular weight is 246 g/mol. The fourth-order valence-electron chi connectivity index (χ4n) is 2.78. The Bertz CT molecular complexity index is 373.